The molecule has 0 aliphatic carbocycles. The summed E-state index contributed by atoms with van der Waals surface area (Å²) in [4.78, 5) is 6.83. The highest BCUT2D eigenvalue weighted by molar-refractivity contribution is 5.38. The first-order chi connectivity index (χ1) is 9.74. The van der Waals surface area contributed by atoms with Gasteiger partial charge >= 0.3 is 0 Å². The highest BCUT2D eigenvalue weighted by Gasteiger charge is 2.27. The van der Waals surface area contributed by atoms with Crippen molar-refractivity contribution in [3.05, 3.63) is 59.3 Å². The van der Waals surface area contributed by atoms with Crippen molar-refractivity contribution in [2.24, 2.45) is 0 Å². The topological polar surface area (TPSA) is 42.1 Å². The van der Waals surface area contributed by atoms with Crippen LogP contribution in [0, 0.1) is 6.92 Å². The Balaban J connectivity index is 1.82. The van der Waals surface area contributed by atoms with Gasteiger partial charge in [-0.1, -0.05) is 30.3 Å². The van der Waals surface area contributed by atoms with Crippen LogP contribution < -0.4 is 5.73 Å². The third-order valence-corrected chi connectivity index (χ3v) is 4.12. The summed E-state index contributed by atoms with van der Waals surface area (Å²) in [5.41, 5.74) is 9.71. The number of nitrogen functional groups attached to an aromatic ring is 1. The van der Waals surface area contributed by atoms with Crippen LogP contribution in [0.4, 0.5) is 5.82 Å². The van der Waals surface area contributed by atoms with E-state index >= 15 is 0 Å². The Bertz CT molecular complexity index is 580. The summed E-state index contributed by atoms with van der Waals surface area (Å²) >= 11 is 0. The summed E-state index contributed by atoms with van der Waals surface area (Å²) in [6.07, 6.45) is 4.42. The van der Waals surface area contributed by atoms with E-state index in [1.165, 1.54) is 29.5 Å². The van der Waals surface area contributed by atoms with Crippen molar-refractivity contribution in [3.63, 3.8) is 0 Å². The van der Waals surface area contributed by atoms with Gasteiger partial charge in [-0.05, 0) is 49.1 Å². The first-order valence-electron chi connectivity index (χ1n) is 7.24. The number of pyridine rings is 1. The molecule has 2 N–H and O–H groups in total. The maximum absolute atomic E-state index is 5.76. The zero-order chi connectivity index (χ0) is 13.9. The normalized spacial score (nSPS) is 19.4. The predicted octanol–water partition coefficient (Wildman–Crippen LogP) is 3.31. The highest BCUT2D eigenvalue weighted by atomic mass is 15.2. The van der Waals surface area contributed by atoms with Gasteiger partial charge < -0.3 is 5.73 Å². The lowest BCUT2D eigenvalue weighted by Gasteiger charge is -2.26. The Morgan fingerprint density at radius 3 is 2.85 bits per heavy atom. The van der Waals surface area contributed by atoms with Gasteiger partial charge in [0.05, 0.1) is 0 Å². The fourth-order valence-electron chi connectivity index (χ4n) is 3.12. The number of aromatic nitrogens is 1. The summed E-state index contributed by atoms with van der Waals surface area (Å²) in [6, 6.07) is 13.1. The second-order valence-corrected chi connectivity index (χ2v) is 5.58. The van der Waals surface area contributed by atoms with Crippen molar-refractivity contribution in [2.75, 3.05) is 12.3 Å². The Labute approximate surface area is 120 Å². The molecule has 3 nitrogen and oxygen atoms in total. The van der Waals surface area contributed by atoms with Crippen molar-refractivity contribution >= 4 is 5.82 Å². The number of anilines is 1. The van der Waals surface area contributed by atoms with Gasteiger partial charge in [-0.15, -0.1) is 0 Å². The van der Waals surface area contributed by atoms with Gasteiger partial charge in [0.2, 0.25) is 0 Å². The molecular weight excluding hydrogens is 246 g/mol. The molecule has 3 rings (SSSR count). The van der Waals surface area contributed by atoms with Gasteiger partial charge in [0.1, 0.15) is 5.82 Å². The number of likely N-dealkylation sites (tertiary alicyclic amines) is 1. The van der Waals surface area contributed by atoms with Crippen molar-refractivity contribution in [2.45, 2.75) is 32.4 Å². The Morgan fingerprint density at radius 1 is 1.30 bits per heavy atom. The number of aryl methyl sites for hydroxylation is 1. The zero-order valence-electron chi connectivity index (χ0n) is 11.9. The number of hydrogen-bond acceptors (Lipinski definition) is 3. The van der Waals surface area contributed by atoms with E-state index < -0.39 is 0 Å². The zero-order valence-corrected chi connectivity index (χ0v) is 11.9. The maximum Gasteiger partial charge on any atom is 0.123 e. The molecule has 20 heavy (non-hydrogen) atoms. The third kappa shape index (κ3) is 2.68. The minimum atomic E-state index is 0.475. The lowest BCUT2D eigenvalue weighted by atomic mass is 10.0. The van der Waals surface area contributed by atoms with E-state index in [0.29, 0.717) is 11.9 Å². The third-order valence-electron chi connectivity index (χ3n) is 4.12. The molecule has 0 spiro atoms. The Morgan fingerprint density at radius 2 is 2.10 bits per heavy atom. The summed E-state index contributed by atoms with van der Waals surface area (Å²) in [5.74, 6) is 0.610. The van der Waals surface area contributed by atoms with E-state index in [4.69, 9.17) is 5.73 Å². The molecule has 1 aliphatic rings. The standard InChI is InChI=1S/C17H21N3/c1-13-10-17(18)19-11-15(13)16-8-5-9-20(16)12-14-6-3-2-4-7-14/h2-4,6-7,10-11,16H,5,8-9,12H2,1H3,(H2,18,19)/t16-/m0/s1. The smallest absolute Gasteiger partial charge is 0.123 e. The summed E-state index contributed by atoms with van der Waals surface area (Å²) in [6.45, 7) is 4.30. The number of hydrogen-bond donors (Lipinski definition) is 1. The summed E-state index contributed by atoms with van der Waals surface area (Å²) in [5, 5.41) is 0. The van der Waals surface area contributed by atoms with Crippen LogP contribution in [-0.4, -0.2) is 16.4 Å². The number of rotatable bonds is 3. The molecule has 0 bridgehead atoms. The van der Waals surface area contributed by atoms with Crippen molar-refractivity contribution < 1.29 is 0 Å². The van der Waals surface area contributed by atoms with Gasteiger partial charge in [0.25, 0.3) is 0 Å². The molecule has 0 radical (unpaired) electrons. The van der Waals surface area contributed by atoms with Crippen LogP contribution in [0.3, 0.4) is 0 Å². The summed E-state index contributed by atoms with van der Waals surface area (Å²) in [7, 11) is 0. The van der Waals surface area contributed by atoms with Gasteiger partial charge in [-0.2, -0.15) is 0 Å². The molecule has 0 amide bonds. The molecule has 1 aromatic carbocycles. The molecule has 2 aromatic rings. The number of nitrogens with zero attached hydrogens (tertiary/aromatic N) is 2. The molecule has 1 saturated heterocycles. The SMILES string of the molecule is Cc1cc(N)ncc1[C@@H]1CCCN1Cc1ccccc1. The van der Waals surface area contributed by atoms with E-state index in [2.05, 4.69) is 47.1 Å². The van der Waals surface area contributed by atoms with Gasteiger partial charge in [0, 0.05) is 18.8 Å². The highest BCUT2D eigenvalue weighted by Crippen LogP contribution is 2.34. The van der Waals surface area contributed by atoms with Crippen molar-refractivity contribution in [1.29, 1.82) is 0 Å². The van der Waals surface area contributed by atoms with Crippen molar-refractivity contribution in [3.8, 4) is 0 Å². The molecular formula is C17H21N3. The molecule has 3 heteroatoms. The molecule has 1 aromatic heterocycles. The van der Waals surface area contributed by atoms with E-state index in [1.54, 1.807) is 0 Å². The van der Waals surface area contributed by atoms with Crippen LogP contribution in [0.5, 0.6) is 0 Å². The van der Waals surface area contributed by atoms with Crippen LogP contribution in [0.1, 0.15) is 35.6 Å². The maximum atomic E-state index is 5.76. The average molecular weight is 267 g/mol. The van der Waals surface area contributed by atoms with Crippen LogP contribution in [0.25, 0.3) is 0 Å². The van der Waals surface area contributed by atoms with E-state index in [0.717, 1.165) is 13.1 Å². The first-order valence-corrected chi connectivity index (χ1v) is 7.24. The van der Waals surface area contributed by atoms with Crippen LogP contribution >= 0.6 is 0 Å². The van der Waals surface area contributed by atoms with Crippen LogP contribution in [-0.2, 0) is 6.54 Å². The minimum Gasteiger partial charge on any atom is -0.384 e. The largest absolute Gasteiger partial charge is 0.384 e. The van der Waals surface area contributed by atoms with Gasteiger partial charge in [-0.3, -0.25) is 4.90 Å². The lowest BCUT2D eigenvalue weighted by Crippen LogP contribution is -2.23. The van der Waals surface area contributed by atoms with Crippen LogP contribution in [0.15, 0.2) is 42.6 Å². The van der Waals surface area contributed by atoms with Crippen molar-refractivity contribution in [1.82, 2.24) is 9.88 Å². The quantitative estimate of drug-likeness (QED) is 0.927. The van der Waals surface area contributed by atoms with Crippen LogP contribution in [0.2, 0.25) is 0 Å². The number of nitrogens with two attached hydrogens (primary N) is 1. The molecule has 0 saturated carbocycles. The minimum absolute atomic E-state index is 0.475. The molecule has 0 unspecified atom stereocenters. The average Bonchev–Trinajstić information content (AvgIpc) is 2.88. The fourth-order valence-corrected chi connectivity index (χ4v) is 3.12. The molecule has 1 fully saturated rings. The van der Waals surface area contributed by atoms with Gasteiger partial charge in [0.15, 0.2) is 0 Å². The van der Waals surface area contributed by atoms with Gasteiger partial charge in [-0.25, -0.2) is 4.98 Å². The molecule has 1 aliphatic heterocycles. The second-order valence-electron chi connectivity index (χ2n) is 5.58. The first kappa shape index (κ1) is 13.1. The van der Waals surface area contributed by atoms with E-state index in [9.17, 15) is 0 Å². The number of benzene rings is 1. The Kier molecular flexibility index (Phi) is 3.70. The monoisotopic (exact) mass is 267 g/mol. The predicted molar refractivity (Wildman–Crippen MR) is 82.2 cm³/mol. The molecule has 1 atom stereocenters. The lowest BCUT2D eigenvalue weighted by molar-refractivity contribution is 0.247. The molecule has 104 valence electrons. The second kappa shape index (κ2) is 5.63. The molecule has 2 heterocycles. The Hall–Kier alpha value is -1.87. The van der Waals surface area contributed by atoms with E-state index in [1.807, 2.05) is 12.3 Å². The van der Waals surface area contributed by atoms with E-state index in [-0.39, 0.29) is 0 Å². The summed E-state index contributed by atoms with van der Waals surface area (Å²) < 4.78 is 0. The fraction of sp³-hybridized carbons (Fsp3) is 0.353.